The fourth-order valence-corrected chi connectivity index (χ4v) is 0.913. The molecule has 4 N–H and O–H groups in total. The van der Waals surface area contributed by atoms with Crippen molar-refractivity contribution in [2.24, 2.45) is 0 Å². The molecule has 0 bridgehead atoms. The SMILES string of the molecule is COc1cc(N)cc(B(O)O)c1. The van der Waals surface area contributed by atoms with Crippen LogP contribution in [0.4, 0.5) is 5.69 Å². The van der Waals surface area contributed by atoms with Gasteiger partial charge in [0, 0.05) is 11.8 Å². The number of hydrogen-bond acceptors (Lipinski definition) is 4. The monoisotopic (exact) mass is 167 g/mol. The van der Waals surface area contributed by atoms with Gasteiger partial charge in [0.2, 0.25) is 0 Å². The summed E-state index contributed by atoms with van der Waals surface area (Å²) in [7, 11) is -0.0233. The predicted octanol–water partition coefficient (Wildman–Crippen LogP) is -1.04. The van der Waals surface area contributed by atoms with Crippen LogP contribution in [0, 0.1) is 0 Å². The van der Waals surface area contributed by atoms with Crippen LogP contribution in [-0.2, 0) is 0 Å². The smallest absolute Gasteiger partial charge is 0.488 e. The Bertz CT molecular complexity index is 277. The number of methoxy groups -OCH3 is 1. The van der Waals surface area contributed by atoms with Crippen LogP contribution in [0.3, 0.4) is 0 Å². The summed E-state index contributed by atoms with van der Waals surface area (Å²) in [6.45, 7) is 0. The van der Waals surface area contributed by atoms with Crippen molar-refractivity contribution in [3.05, 3.63) is 18.2 Å². The van der Waals surface area contributed by atoms with Crippen molar-refractivity contribution in [3.63, 3.8) is 0 Å². The standard InChI is InChI=1S/C7H10BNO3/c1-12-7-3-5(8(10)11)2-6(9)4-7/h2-4,10-11H,9H2,1H3. The van der Waals surface area contributed by atoms with E-state index in [-0.39, 0.29) is 0 Å². The third kappa shape index (κ3) is 1.90. The molecule has 5 heteroatoms. The highest BCUT2D eigenvalue weighted by Crippen LogP contribution is 2.12. The van der Waals surface area contributed by atoms with Crippen molar-refractivity contribution in [1.29, 1.82) is 0 Å². The fourth-order valence-electron chi connectivity index (χ4n) is 0.913. The maximum Gasteiger partial charge on any atom is 0.488 e. The van der Waals surface area contributed by atoms with Gasteiger partial charge in [-0.15, -0.1) is 0 Å². The molecular formula is C7H10BNO3. The zero-order valence-corrected chi connectivity index (χ0v) is 6.69. The second-order valence-corrected chi connectivity index (χ2v) is 2.41. The molecule has 1 aromatic rings. The van der Waals surface area contributed by atoms with Gasteiger partial charge >= 0.3 is 7.12 Å². The van der Waals surface area contributed by atoms with Gasteiger partial charge in [0.05, 0.1) is 7.11 Å². The first-order chi connectivity index (χ1) is 5.63. The minimum atomic E-state index is -1.51. The second kappa shape index (κ2) is 3.47. The van der Waals surface area contributed by atoms with Crippen LogP contribution >= 0.6 is 0 Å². The van der Waals surface area contributed by atoms with E-state index in [9.17, 15) is 0 Å². The van der Waals surface area contributed by atoms with Crippen LogP contribution in [0.1, 0.15) is 0 Å². The normalized spacial score (nSPS) is 9.58. The molecular weight excluding hydrogens is 157 g/mol. The minimum absolute atomic E-state index is 0.326. The Morgan fingerprint density at radius 3 is 2.50 bits per heavy atom. The molecule has 0 aliphatic carbocycles. The molecule has 0 radical (unpaired) electrons. The molecule has 0 unspecified atom stereocenters. The average molecular weight is 167 g/mol. The molecule has 0 aromatic heterocycles. The van der Waals surface area contributed by atoms with E-state index in [4.69, 9.17) is 20.5 Å². The summed E-state index contributed by atoms with van der Waals surface area (Å²) in [6.07, 6.45) is 0. The van der Waals surface area contributed by atoms with Crippen molar-refractivity contribution in [2.75, 3.05) is 12.8 Å². The topological polar surface area (TPSA) is 75.7 Å². The largest absolute Gasteiger partial charge is 0.497 e. The third-order valence-corrected chi connectivity index (χ3v) is 1.49. The van der Waals surface area contributed by atoms with Crippen LogP contribution in [-0.4, -0.2) is 24.3 Å². The molecule has 0 saturated heterocycles. The molecule has 64 valence electrons. The van der Waals surface area contributed by atoms with Crippen LogP contribution in [0.5, 0.6) is 5.75 Å². The third-order valence-electron chi connectivity index (χ3n) is 1.49. The highest BCUT2D eigenvalue weighted by atomic mass is 16.5. The van der Waals surface area contributed by atoms with Gasteiger partial charge < -0.3 is 20.5 Å². The molecule has 0 amide bonds. The van der Waals surface area contributed by atoms with Crippen molar-refractivity contribution in [2.45, 2.75) is 0 Å². The predicted molar refractivity (Wildman–Crippen MR) is 47.2 cm³/mol. The van der Waals surface area contributed by atoms with E-state index >= 15 is 0 Å². The Morgan fingerprint density at radius 2 is 2.00 bits per heavy atom. The van der Waals surface area contributed by atoms with Crippen molar-refractivity contribution in [3.8, 4) is 5.75 Å². The summed E-state index contributed by atoms with van der Waals surface area (Å²) in [5.41, 5.74) is 6.24. The van der Waals surface area contributed by atoms with E-state index in [1.807, 2.05) is 0 Å². The van der Waals surface area contributed by atoms with Crippen molar-refractivity contribution >= 4 is 18.3 Å². The summed E-state index contributed by atoms with van der Waals surface area (Å²) in [5.74, 6) is 0.512. The minimum Gasteiger partial charge on any atom is -0.497 e. The van der Waals surface area contributed by atoms with E-state index in [1.165, 1.54) is 19.2 Å². The number of benzene rings is 1. The van der Waals surface area contributed by atoms with Gasteiger partial charge in [-0.25, -0.2) is 0 Å². The molecule has 0 saturated carbocycles. The number of ether oxygens (including phenoxy) is 1. The van der Waals surface area contributed by atoms with Crippen LogP contribution in [0.2, 0.25) is 0 Å². The van der Waals surface area contributed by atoms with E-state index in [0.717, 1.165) is 0 Å². The maximum atomic E-state index is 8.81. The Hall–Kier alpha value is -1.20. The Balaban J connectivity index is 3.06. The van der Waals surface area contributed by atoms with Crippen LogP contribution in [0.15, 0.2) is 18.2 Å². The average Bonchev–Trinajstić information content (AvgIpc) is 2.03. The molecule has 0 heterocycles. The quantitative estimate of drug-likeness (QED) is 0.388. The Labute approximate surface area is 70.7 Å². The number of anilines is 1. The van der Waals surface area contributed by atoms with E-state index < -0.39 is 7.12 Å². The lowest BCUT2D eigenvalue weighted by Crippen LogP contribution is -2.30. The molecule has 4 nitrogen and oxygen atoms in total. The molecule has 0 fully saturated rings. The molecule has 0 atom stereocenters. The fraction of sp³-hybridized carbons (Fsp3) is 0.143. The number of rotatable bonds is 2. The van der Waals surface area contributed by atoms with Gasteiger partial charge in [-0.2, -0.15) is 0 Å². The lowest BCUT2D eigenvalue weighted by atomic mass is 9.80. The highest BCUT2D eigenvalue weighted by Gasteiger charge is 2.12. The molecule has 1 aromatic carbocycles. The number of hydrogen-bond donors (Lipinski definition) is 3. The summed E-state index contributed by atoms with van der Waals surface area (Å²) in [4.78, 5) is 0. The van der Waals surface area contributed by atoms with Crippen molar-refractivity contribution in [1.82, 2.24) is 0 Å². The first-order valence-electron chi connectivity index (χ1n) is 3.44. The van der Waals surface area contributed by atoms with E-state index in [1.54, 1.807) is 6.07 Å². The maximum absolute atomic E-state index is 8.81. The zero-order valence-electron chi connectivity index (χ0n) is 6.69. The van der Waals surface area contributed by atoms with Crippen LogP contribution in [0.25, 0.3) is 0 Å². The molecule has 0 spiro atoms. The Morgan fingerprint density at radius 1 is 1.33 bits per heavy atom. The highest BCUT2D eigenvalue weighted by molar-refractivity contribution is 6.58. The number of nitrogens with two attached hydrogens (primary N) is 1. The van der Waals surface area contributed by atoms with Gasteiger partial charge in [-0.05, 0) is 17.6 Å². The lowest BCUT2D eigenvalue weighted by Gasteiger charge is -2.04. The van der Waals surface area contributed by atoms with E-state index in [2.05, 4.69) is 0 Å². The molecule has 0 aliphatic rings. The lowest BCUT2D eigenvalue weighted by molar-refractivity contribution is 0.412. The summed E-state index contributed by atoms with van der Waals surface area (Å²) in [5, 5.41) is 17.6. The first kappa shape index (κ1) is 8.90. The molecule has 1 rings (SSSR count). The Kier molecular flexibility index (Phi) is 2.57. The summed E-state index contributed by atoms with van der Waals surface area (Å²) < 4.78 is 4.88. The van der Waals surface area contributed by atoms with Crippen molar-refractivity contribution < 1.29 is 14.8 Å². The zero-order chi connectivity index (χ0) is 9.14. The molecule has 12 heavy (non-hydrogen) atoms. The summed E-state index contributed by atoms with van der Waals surface area (Å²) >= 11 is 0. The van der Waals surface area contributed by atoms with Gasteiger partial charge in [-0.3, -0.25) is 0 Å². The summed E-state index contributed by atoms with van der Waals surface area (Å²) in [6, 6.07) is 4.60. The first-order valence-corrected chi connectivity index (χ1v) is 3.44. The van der Waals surface area contributed by atoms with Gasteiger partial charge in [0.1, 0.15) is 5.75 Å². The number of nitrogen functional groups attached to an aromatic ring is 1. The van der Waals surface area contributed by atoms with Crippen LogP contribution < -0.4 is 15.9 Å². The molecule has 0 aliphatic heterocycles. The second-order valence-electron chi connectivity index (χ2n) is 2.41. The van der Waals surface area contributed by atoms with E-state index in [0.29, 0.717) is 16.9 Å². The van der Waals surface area contributed by atoms with Gasteiger partial charge in [0.25, 0.3) is 0 Å². The van der Waals surface area contributed by atoms with Gasteiger partial charge in [-0.1, -0.05) is 0 Å². The van der Waals surface area contributed by atoms with Gasteiger partial charge in [0.15, 0.2) is 0 Å².